The summed E-state index contributed by atoms with van der Waals surface area (Å²) in [6.07, 6.45) is 8.41. The second-order valence-corrected chi connectivity index (χ2v) is 10.1. The summed E-state index contributed by atoms with van der Waals surface area (Å²) in [6.45, 7) is 8.73. The topological polar surface area (TPSA) is 46.5 Å². The van der Waals surface area contributed by atoms with Gasteiger partial charge in [0.2, 0.25) is 0 Å². The maximum absolute atomic E-state index is 12.1. The quantitative estimate of drug-likeness (QED) is 0.684. The van der Waals surface area contributed by atoms with Gasteiger partial charge in [0.15, 0.2) is 0 Å². The van der Waals surface area contributed by atoms with Crippen LogP contribution in [0.2, 0.25) is 0 Å². The maximum atomic E-state index is 12.1. The number of esters is 1. The highest BCUT2D eigenvalue weighted by Crippen LogP contribution is 2.70. The number of cyclic esters (lactones) is 1. The molecule has 0 amide bonds. The van der Waals surface area contributed by atoms with Gasteiger partial charge in [-0.3, -0.25) is 4.79 Å². The molecule has 5 aliphatic rings. The molecule has 1 N–H and O–H groups in total. The third kappa shape index (κ3) is 2.08. The minimum Gasteiger partial charge on any atom is -0.459 e. The van der Waals surface area contributed by atoms with Crippen LogP contribution in [0.3, 0.4) is 0 Å². The second-order valence-electron chi connectivity index (χ2n) is 10.1. The third-order valence-electron chi connectivity index (χ3n) is 8.45. The fourth-order valence-electron chi connectivity index (χ4n) is 7.56. The van der Waals surface area contributed by atoms with Crippen molar-refractivity contribution in [1.29, 1.82) is 0 Å². The molecular formula is C20H32O3. The van der Waals surface area contributed by atoms with Crippen molar-refractivity contribution in [3.8, 4) is 0 Å². The zero-order chi connectivity index (χ0) is 16.7. The molecule has 3 heteroatoms. The van der Waals surface area contributed by atoms with Crippen LogP contribution in [0, 0.1) is 28.6 Å². The molecular weight excluding hydrogens is 288 g/mol. The lowest BCUT2D eigenvalue weighted by Gasteiger charge is -2.67. The Hall–Kier alpha value is -0.570. The first-order valence-corrected chi connectivity index (χ1v) is 9.53. The molecule has 130 valence electrons. The molecule has 1 spiro atoms. The first-order valence-electron chi connectivity index (χ1n) is 9.53. The minimum atomic E-state index is -0.482. The number of fused-ring (bicyclic) bond motifs is 3. The van der Waals surface area contributed by atoms with Gasteiger partial charge in [0.25, 0.3) is 0 Å². The highest BCUT2D eigenvalue weighted by Gasteiger charge is 2.66. The SMILES string of the molecule is CC1(C)OC(=O)CC[C@]2(C)[C@@H]1CC[C@@]13CC[C@@H](C[C@H]12)[C@@](C)(O)C3. The van der Waals surface area contributed by atoms with Crippen LogP contribution in [-0.2, 0) is 9.53 Å². The summed E-state index contributed by atoms with van der Waals surface area (Å²) in [6, 6.07) is 0. The number of carbonyl (C=O) groups excluding carboxylic acids is 1. The van der Waals surface area contributed by atoms with E-state index in [1.54, 1.807) is 0 Å². The molecule has 1 heterocycles. The summed E-state index contributed by atoms with van der Waals surface area (Å²) in [5.41, 5.74) is -0.371. The van der Waals surface area contributed by atoms with Gasteiger partial charge in [0.05, 0.1) is 5.60 Å². The van der Waals surface area contributed by atoms with E-state index in [-0.39, 0.29) is 17.0 Å². The molecule has 0 aromatic rings. The smallest absolute Gasteiger partial charge is 0.306 e. The number of carbonyl (C=O) groups is 1. The molecule has 5 rings (SSSR count). The number of hydrogen-bond acceptors (Lipinski definition) is 3. The summed E-state index contributed by atoms with van der Waals surface area (Å²) in [5, 5.41) is 10.9. The average Bonchev–Trinajstić information content (AvgIpc) is 2.51. The van der Waals surface area contributed by atoms with Gasteiger partial charge in [-0.25, -0.2) is 0 Å². The van der Waals surface area contributed by atoms with Gasteiger partial charge in [-0.2, -0.15) is 0 Å². The average molecular weight is 320 g/mol. The van der Waals surface area contributed by atoms with E-state index in [0.717, 1.165) is 25.7 Å². The molecule has 5 fully saturated rings. The van der Waals surface area contributed by atoms with Crippen molar-refractivity contribution in [2.45, 2.75) is 90.3 Å². The van der Waals surface area contributed by atoms with E-state index in [4.69, 9.17) is 4.74 Å². The Balaban J connectivity index is 1.76. The van der Waals surface area contributed by atoms with Crippen LogP contribution in [0.5, 0.6) is 0 Å². The highest BCUT2D eigenvalue weighted by molar-refractivity contribution is 5.70. The predicted molar refractivity (Wildman–Crippen MR) is 88.7 cm³/mol. The van der Waals surface area contributed by atoms with Crippen molar-refractivity contribution >= 4 is 5.97 Å². The van der Waals surface area contributed by atoms with Crippen molar-refractivity contribution in [3.05, 3.63) is 0 Å². The lowest BCUT2D eigenvalue weighted by molar-refractivity contribution is -0.226. The lowest BCUT2D eigenvalue weighted by Crippen LogP contribution is -2.63. The number of aliphatic hydroxyl groups is 1. The maximum Gasteiger partial charge on any atom is 0.306 e. The molecule has 6 atom stereocenters. The lowest BCUT2D eigenvalue weighted by atomic mass is 9.38. The summed E-state index contributed by atoms with van der Waals surface area (Å²) in [7, 11) is 0. The molecule has 3 nitrogen and oxygen atoms in total. The van der Waals surface area contributed by atoms with Gasteiger partial charge < -0.3 is 9.84 Å². The van der Waals surface area contributed by atoms with Crippen LogP contribution in [0.4, 0.5) is 0 Å². The van der Waals surface area contributed by atoms with Crippen LogP contribution >= 0.6 is 0 Å². The minimum absolute atomic E-state index is 0.0207. The zero-order valence-electron chi connectivity index (χ0n) is 15.2. The Morgan fingerprint density at radius 2 is 1.74 bits per heavy atom. The van der Waals surface area contributed by atoms with Crippen molar-refractivity contribution < 1.29 is 14.6 Å². The molecule has 2 bridgehead atoms. The van der Waals surface area contributed by atoms with Crippen molar-refractivity contribution in [2.24, 2.45) is 28.6 Å². The van der Waals surface area contributed by atoms with Crippen LogP contribution in [0.25, 0.3) is 0 Å². The molecule has 1 aliphatic heterocycles. The summed E-state index contributed by atoms with van der Waals surface area (Å²) in [4.78, 5) is 12.1. The van der Waals surface area contributed by atoms with E-state index in [0.29, 0.717) is 29.6 Å². The normalized spacial score (nSPS) is 54.7. The Morgan fingerprint density at radius 1 is 1.04 bits per heavy atom. The second kappa shape index (κ2) is 4.53. The van der Waals surface area contributed by atoms with Gasteiger partial charge in [0, 0.05) is 12.3 Å². The Morgan fingerprint density at radius 3 is 2.43 bits per heavy atom. The van der Waals surface area contributed by atoms with Crippen LogP contribution in [0.1, 0.15) is 79.1 Å². The largest absolute Gasteiger partial charge is 0.459 e. The Labute approximate surface area is 140 Å². The third-order valence-corrected chi connectivity index (χ3v) is 8.45. The fourth-order valence-corrected chi connectivity index (χ4v) is 7.56. The number of ether oxygens (including phenoxy) is 1. The highest BCUT2D eigenvalue weighted by atomic mass is 16.6. The number of rotatable bonds is 0. The monoisotopic (exact) mass is 320 g/mol. The zero-order valence-corrected chi connectivity index (χ0v) is 15.2. The number of hydrogen-bond donors (Lipinski definition) is 1. The van der Waals surface area contributed by atoms with E-state index in [1.165, 1.54) is 19.3 Å². The first-order chi connectivity index (χ1) is 10.6. The molecule has 4 aliphatic carbocycles. The summed E-state index contributed by atoms with van der Waals surface area (Å²) in [5.74, 6) is 1.50. The van der Waals surface area contributed by atoms with Gasteiger partial charge in [-0.05, 0) is 88.4 Å². The van der Waals surface area contributed by atoms with Crippen LogP contribution in [-0.4, -0.2) is 22.3 Å². The van der Waals surface area contributed by atoms with E-state index >= 15 is 0 Å². The molecule has 1 saturated heterocycles. The van der Waals surface area contributed by atoms with Gasteiger partial charge in [0.1, 0.15) is 5.60 Å². The fraction of sp³-hybridized carbons (Fsp3) is 0.950. The Kier molecular flexibility index (Phi) is 3.14. The summed E-state index contributed by atoms with van der Waals surface area (Å²) >= 11 is 0. The van der Waals surface area contributed by atoms with Crippen molar-refractivity contribution in [2.75, 3.05) is 0 Å². The molecule has 0 radical (unpaired) electrons. The van der Waals surface area contributed by atoms with Gasteiger partial charge in [-0.15, -0.1) is 0 Å². The molecule has 4 saturated carbocycles. The van der Waals surface area contributed by atoms with E-state index in [1.807, 2.05) is 0 Å². The molecule has 0 aromatic carbocycles. The van der Waals surface area contributed by atoms with Gasteiger partial charge >= 0.3 is 5.97 Å². The van der Waals surface area contributed by atoms with Crippen molar-refractivity contribution in [1.82, 2.24) is 0 Å². The standard InChI is InChI=1S/C20H32O3/c1-17(2)14-6-10-20-9-5-13(19(4,22)12-20)11-15(20)18(14,3)8-7-16(21)23-17/h13-15,22H,5-12H2,1-4H3/t13-,14+,15-,18+,19-,20+/m0/s1. The predicted octanol–water partition coefficient (Wildman–Crippen LogP) is 4.08. The van der Waals surface area contributed by atoms with Crippen LogP contribution < -0.4 is 0 Å². The first kappa shape index (κ1) is 15.9. The van der Waals surface area contributed by atoms with Crippen molar-refractivity contribution in [3.63, 3.8) is 0 Å². The molecule has 23 heavy (non-hydrogen) atoms. The van der Waals surface area contributed by atoms with Gasteiger partial charge in [-0.1, -0.05) is 6.92 Å². The van der Waals surface area contributed by atoms with E-state index in [2.05, 4.69) is 27.7 Å². The van der Waals surface area contributed by atoms with E-state index in [9.17, 15) is 9.90 Å². The van der Waals surface area contributed by atoms with Crippen LogP contribution in [0.15, 0.2) is 0 Å². The molecule has 0 aromatic heterocycles. The van der Waals surface area contributed by atoms with E-state index < -0.39 is 5.60 Å². The Bertz CT molecular complexity index is 537. The molecule has 0 unspecified atom stereocenters. The summed E-state index contributed by atoms with van der Waals surface area (Å²) < 4.78 is 5.84.